The predicted molar refractivity (Wildman–Crippen MR) is 136 cm³/mol. The summed E-state index contributed by atoms with van der Waals surface area (Å²) in [7, 11) is 2.02. The van der Waals surface area contributed by atoms with Crippen molar-refractivity contribution < 1.29 is 4.79 Å². The van der Waals surface area contributed by atoms with Gasteiger partial charge in [-0.2, -0.15) is 5.10 Å². The first-order valence-corrected chi connectivity index (χ1v) is 12.3. The second-order valence-electron chi connectivity index (χ2n) is 9.49. The van der Waals surface area contributed by atoms with Gasteiger partial charge in [-0.1, -0.05) is 6.07 Å². The zero-order valence-corrected chi connectivity index (χ0v) is 20.4. The van der Waals surface area contributed by atoms with Gasteiger partial charge in [-0.05, 0) is 57.2 Å². The number of fused-ring (bicyclic) bond motifs is 2. The number of rotatable bonds is 3. The van der Waals surface area contributed by atoms with Crippen molar-refractivity contribution in [2.75, 3.05) is 24.5 Å². The maximum atomic E-state index is 13.8. The fourth-order valence-corrected chi connectivity index (χ4v) is 5.56. The van der Waals surface area contributed by atoms with Crippen LogP contribution < -0.4 is 4.90 Å². The van der Waals surface area contributed by atoms with Crippen LogP contribution in [0.3, 0.4) is 0 Å². The number of nitriles is 1. The molecule has 3 aromatic heterocycles. The summed E-state index contributed by atoms with van der Waals surface area (Å²) in [6, 6.07) is 10.1. The van der Waals surface area contributed by atoms with Gasteiger partial charge in [0, 0.05) is 73.7 Å². The zero-order valence-electron chi connectivity index (χ0n) is 20.4. The molecule has 0 aliphatic carbocycles. The van der Waals surface area contributed by atoms with E-state index in [0.29, 0.717) is 0 Å². The van der Waals surface area contributed by atoms with E-state index in [1.807, 2.05) is 40.9 Å². The van der Waals surface area contributed by atoms with Gasteiger partial charge < -0.3 is 14.4 Å². The Balaban J connectivity index is 0.00000124. The Kier molecular flexibility index (Phi) is 6.16. The second-order valence-corrected chi connectivity index (χ2v) is 9.49. The fourth-order valence-electron chi connectivity index (χ4n) is 5.56. The molecule has 35 heavy (non-hydrogen) atoms. The van der Waals surface area contributed by atoms with E-state index >= 15 is 0 Å². The van der Waals surface area contributed by atoms with Gasteiger partial charge in [-0.15, -0.1) is 0 Å². The molecule has 0 N–H and O–H groups in total. The van der Waals surface area contributed by atoms with Crippen LogP contribution in [-0.4, -0.2) is 49.6 Å². The topological polar surface area (TPSA) is 82.5 Å². The van der Waals surface area contributed by atoms with Crippen molar-refractivity contribution in [2.45, 2.75) is 45.1 Å². The number of anilines is 1. The maximum absolute atomic E-state index is 13.8. The van der Waals surface area contributed by atoms with E-state index < -0.39 is 0 Å². The van der Waals surface area contributed by atoms with Gasteiger partial charge >= 0.3 is 0 Å². The standard InChI is InChI=1S/C26H30N6O.CHN/c1-18-17-32-24(27-25(18)30-12-5-6-13-30)16-21(28-32)23-9-3-4-14-31(23)26(33)20-8-7-10-22-19(20)11-15-29(22)2;1-2/h7-8,10-11,15-17,23H,3-6,9,12-14H2,1-2H3;1H. The first-order valence-electron chi connectivity index (χ1n) is 12.3. The minimum absolute atomic E-state index is 0.0255. The Morgan fingerprint density at radius 3 is 2.66 bits per heavy atom. The maximum Gasteiger partial charge on any atom is 0.255 e. The Hall–Kier alpha value is -3.86. The van der Waals surface area contributed by atoms with Crippen LogP contribution in [0.5, 0.6) is 0 Å². The molecular formula is C27H31N7O. The van der Waals surface area contributed by atoms with Crippen molar-refractivity contribution in [1.29, 1.82) is 5.26 Å². The van der Waals surface area contributed by atoms with Crippen molar-refractivity contribution in [3.8, 4) is 6.57 Å². The van der Waals surface area contributed by atoms with Crippen LogP contribution in [0.25, 0.3) is 16.6 Å². The van der Waals surface area contributed by atoms with Crippen LogP contribution in [-0.2, 0) is 7.05 Å². The molecule has 0 radical (unpaired) electrons. The van der Waals surface area contributed by atoms with Crippen LogP contribution in [0.4, 0.5) is 5.82 Å². The first kappa shape index (κ1) is 22.9. The van der Waals surface area contributed by atoms with Gasteiger partial charge in [-0.3, -0.25) is 4.79 Å². The van der Waals surface area contributed by atoms with Crippen LogP contribution >= 0.6 is 0 Å². The quantitative estimate of drug-likeness (QED) is 0.437. The summed E-state index contributed by atoms with van der Waals surface area (Å²) >= 11 is 0. The van der Waals surface area contributed by atoms with Crippen LogP contribution in [0.1, 0.15) is 59.8 Å². The van der Waals surface area contributed by atoms with Gasteiger partial charge in [0.1, 0.15) is 5.82 Å². The number of aryl methyl sites for hydroxylation is 2. The number of aromatic nitrogens is 4. The summed E-state index contributed by atoms with van der Waals surface area (Å²) in [5.74, 6) is 1.16. The molecule has 8 nitrogen and oxygen atoms in total. The molecule has 1 amide bonds. The van der Waals surface area contributed by atoms with Crippen molar-refractivity contribution in [2.24, 2.45) is 7.05 Å². The molecule has 0 spiro atoms. The van der Waals surface area contributed by atoms with Crippen molar-refractivity contribution in [3.63, 3.8) is 0 Å². The van der Waals surface area contributed by atoms with Gasteiger partial charge in [0.05, 0.1) is 11.7 Å². The average Bonchev–Trinajstić information content (AvgIpc) is 3.64. The molecule has 2 fully saturated rings. The molecule has 5 heterocycles. The molecule has 2 aliphatic heterocycles. The Bertz CT molecular complexity index is 1390. The average molecular weight is 470 g/mol. The molecule has 1 unspecified atom stereocenters. The highest BCUT2D eigenvalue weighted by molar-refractivity contribution is 6.06. The molecule has 180 valence electrons. The number of hydrogen-bond acceptors (Lipinski definition) is 5. The molecule has 1 aromatic carbocycles. The highest BCUT2D eigenvalue weighted by Gasteiger charge is 2.31. The molecular weight excluding hydrogens is 438 g/mol. The number of likely N-dealkylation sites (tertiary alicyclic amines) is 1. The third-order valence-electron chi connectivity index (χ3n) is 7.29. The lowest BCUT2D eigenvalue weighted by Crippen LogP contribution is -2.38. The number of benzene rings is 1. The van der Waals surface area contributed by atoms with E-state index in [2.05, 4.69) is 41.3 Å². The Labute approximate surface area is 205 Å². The normalized spacial score (nSPS) is 18.1. The van der Waals surface area contributed by atoms with Crippen molar-refractivity contribution in [1.82, 2.24) is 24.1 Å². The highest BCUT2D eigenvalue weighted by atomic mass is 16.2. The number of hydrogen-bond donors (Lipinski definition) is 0. The van der Waals surface area contributed by atoms with Gasteiger partial charge in [-0.25, -0.2) is 14.8 Å². The van der Waals surface area contributed by atoms with E-state index in [0.717, 1.165) is 78.1 Å². The molecule has 8 heteroatoms. The number of amides is 1. The summed E-state index contributed by atoms with van der Waals surface area (Å²) in [5.41, 5.74) is 4.80. The lowest BCUT2D eigenvalue weighted by Gasteiger charge is -2.35. The summed E-state index contributed by atoms with van der Waals surface area (Å²) in [6.07, 6.45) is 9.61. The van der Waals surface area contributed by atoms with Gasteiger partial charge in [0.25, 0.3) is 5.91 Å². The van der Waals surface area contributed by atoms with E-state index in [1.165, 1.54) is 12.8 Å². The lowest BCUT2D eigenvalue weighted by molar-refractivity contribution is 0.0608. The molecule has 4 aromatic rings. The minimum atomic E-state index is -0.0255. The number of carbonyl (C=O) groups is 1. The van der Waals surface area contributed by atoms with Crippen LogP contribution in [0.15, 0.2) is 42.7 Å². The number of piperidine rings is 1. The number of carbonyl (C=O) groups excluding carboxylic acids is 1. The Morgan fingerprint density at radius 1 is 1.09 bits per heavy atom. The highest BCUT2D eigenvalue weighted by Crippen LogP contribution is 2.34. The van der Waals surface area contributed by atoms with E-state index in [1.54, 1.807) is 0 Å². The summed E-state index contributed by atoms with van der Waals surface area (Å²) < 4.78 is 3.95. The Morgan fingerprint density at radius 2 is 1.86 bits per heavy atom. The molecule has 2 aliphatic rings. The molecule has 1 atom stereocenters. The fraction of sp³-hybridized carbons (Fsp3) is 0.407. The summed E-state index contributed by atoms with van der Waals surface area (Å²) in [4.78, 5) is 23.1. The minimum Gasteiger partial charge on any atom is -0.356 e. The predicted octanol–water partition coefficient (Wildman–Crippen LogP) is 4.64. The van der Waals surface area contributed by atoms with E-state index in [4.69, 9.17) is 15.3 Å². The largest absolute Gasteiger partial charge is 0.356 e. The van der Waals surface area contributed by atoms with Gasteiger partial charge in [0.15, 0.2) is 5.65 Å². The zero-order chi connectivity index (χ0) is 24.5. The third-order valence-corrected chi connectivity index (χ3v) is 7.29. The van der Waals surface area contributed by atoms with Crippen LogP contribution in [0.2, 0.25) is 0 Å². The molecule has 0 bridgehead atoms. The second kappa shape index (κ2) is 9.41. The monoisotopic (exact) mass is 469 g/mol. The van der Waals surface area contributed by atoms with Crippen molar-refractivity contribution >= 4 is 28.3 Å². The van der Waals surface area contributed by atoms with Crippen LogP contribution in [0, 0.1) is 18.8 Å². The van der Waals surface area contributed by atoms with Gasteiger partial charge in [0.2, 0.25) is 0 Å². The molecule has 0 saturated carbocycles. The molecule has 2 saturated heterocycles. The molecule has 6 rings (SSSR count). The van der Waals surface area contributed by atoms with Crippen molar-refractivity contribution in [3.05, 3.63) is 59.5 Å². The smallest absolute Gasteiger partial charge is 0.255 e. The van der Waals surface area contributed by atoms with E-state index in [-0.39, 0.29) is 11.9 Å². The lowest BCUT2D eigenvalue weighted by atomic mass is 9.97. The third kappa shape index (κ3) is 4.01. The summed E-state index contributed by atoms with van der Waals surface area (Å²) in [5, 5.41) is 12.4. The number of nitrogens with zero attached hydrogens (tertiary/aromatic N) is 7. The summed E-state index contributed by atoms with van der Waals surface area (Å²) in [6.45, 7) is 8.51. The first-order chi connectivity index (χ1) is 17.1. The van der Waals surface area contributed by atoms with E-state index in [9.17, 15) is 4.79 Å². The SMILES string of the molecule is C#N.Cc1cn2nc(C3CCCCN3C(=O)c3cccc4c3ccn4C)cc2nc1N1CCCC1.